The van der Waals surface area contributed by atoms with Gasteiger partial charge in [0, 0.05) is 13.2 Å². The Bertz CT molecular complexity index is 401. The van der Waals surface area contributed by atoms with Gasteiger partial charge in [-0.25, -0.2) is 0 Å². The quantitative estimate of drug-likeness (QED) is 0.317. The molecule has 0 spiro atoms. The third kappa shape index (κ3) is 10.5. The van der Waals surface area contributed by atoms with Gasteiger partial charge in [0.15, 0.2) is 0 Å². The number of hydrogen-bond donors (Lipinski definition) is 0. The van der Waals surface area contributed by atoms with Gasteiger partial charge >= 0.3 is 0 Å². The fourth-order valence-electron chi connectivity index (χ4n) is 2.34. The van der Waals surface area contributed by atoms with Gasteiger partial charge in [-0.1, -0.05) is 28.9 Å². The lowest BCUT2D eigenvalue weighted by Gasteiger charge is -2.18. The Morgan fingerprint density at radius 1 is 0.864 bits per heavy atom. The average Bonchev–Trinajstić information content (AvgIpc) is 2.38. The van der Waals surface area contributed by atoms with Crippen LogP contribution >= 0.6 is 0 Å². The molecule has 0 N–H and O–H groups in total. The summed E-state index contributed by atoms with van der Waals surface area (Å²) in [5, 5.41) is 0. The van der Waals surface area contributed by atoms with Crippen molar-refractivity contribution in [2.24, 2.45) is 0 Å². The molecule has 0 amide bonds. The topological polar surface area (TPSA) is 35.5 Å². The molecule has 0 aliphatic heterocycles. The number of carbonyl (C=O) groups excluding carboxylic acids is 1. The van der Waals surface area contributed by atoms with E-state index in [1.165, 1.54) is 11.1 Å². The number of allylic oxidation sites excluding steroid dienone is 2. The summed E-state index contributed by atoms with van der Waals surface area (Å²) in [5.74, 6) is 0. The predicted molar refractivity (Wildman–Crippen MR) is 93.1 cm³/mol. The molecule has 3 heteroatoms. The van der Waals surface area contributed by atoms with Gasteiger partial charge in [0.05, 0.1) is 12.2 Å². The molecule has 0 aliphatic rings. The molecule has 0 saturated heterocycles. The van der Waals surface area contributed by atoms with Crippen LogP contribution in [-0.4, -0.2) is 31.7 Å². The van der Waals surface area contributed by atoms with Gasteiger partial charge in [-0.05, 0) is 60.5 Å². The third-order valence-corrected chi connectivity index (χ3v) is 3.15. The van der Waals surface area contributed by atoms with Crippen LogP contribution < -0.4 is 0 Å². The summed E-state index contributed by atoms with van der Waals surface area (Å²) in [7, 11) is 0. The second kappa shape index (κ2) is 12.4. The van der Waals surface area contributed by atoms with Gasteiger partial charge in [0.1, 0.15) is 6.29 Å². The number of carbonyl (C=O) groups is 1. The maximum Gasteiger partial charge on any atom is 0.142 e. The van der Waals surface area contributed by atoms with E-state index in [9.17, 15) is 4.79 Å². The minimum absolute atomic E-state index is 0.00943. The van der Waals surface area contributed by atoms with Gasteiger partial charge in [0.25, 0.3) is 0 Å². The monoisotopic (exact) mass is 308 g/mol. The van der Waals surface area contributed by atoms with E-state index in [0.717, 1.165) is 24.7 Å². The highest BCUT2D eigenvalue weighted by Gasteiger charge is 2.10. The zero-order chi connectivity index (χ0) is 17.0. The van der Waals surface area contributed by atoms with Crippen molar-refractivity contribution in [3.63, 3.8) is 0 Å². The first-order valence-electron chi connectivity index (χ1n) is 8.09. The van der Waals surface area contributed by atoms with Gasteiger partial charge in [-0.3, -0.25) is 4.79 Å². The van der Waals surface area contributed by atoms with E-state index in [1.807, 2.05) is 20.8 Å². The molecule has 22 heavy (non-hydrogen) atoms. The summed E-state index contributed by atoms with van der Waals surface area (Å²) in [5.41, 5.74) is 3.54. The van der Waals surface area contributed by atoms with Crippen molar-refractivity contribution in [2.75, 3.05) is 13.2 Å². The normalized spacial score (nSPS) is 15.4. The SMILES string of the molecule is CCOC(C=C(C)C)C/C(C)=C/C(C/C(C)=C/C=O)OCC. The van der Waals surface area contributed by atoms with Crippen LogP contribution in [0.15, 0.2) is 34.9 Å². The van der Waals surface area contributed by atoms with Crippen LogP contribution in [0.2, 0.25) is 0 Å². The van der Waals surface area contributed by atoms with Crippen molar-refractivity contribution in [3.8, 4) is 0 Å². The van der Waals surface area contributed by atoms with Crippen LogP contribution in [0.3, 0.4) is 0 Å². The van der Waals surface area contributed by atoms with E-state index in [0.29, 0.717) is 13.2 Å². The Morgan fingerprint density at radius 2 is 1.36 bits per heavy atom. The molecule has 2 atom stereocenters. The van der Waals surface area contributed by atoms with Crippen molar-refractivity contribution >= 4 is 6.29 Å². The molecular weight excluding hydrogens is 276 g/mol. The maximum atomic E-state index is 10.5. The lowest BCUT2D eigenvalue weighted by molar-refractivity contribution is -0.104. The smallest absolute Gasteiger partial charge is 0.142 e. The lowest BCUT2D eigenvalue weighted by Crippen LogP contribution is -2.14. The molecule has 126 valence electrons. The Kier molecular flexibility index (Phi) is 11.7. The van der Waals surface area contributed by atoms with Crippen LogP contribution in [0.1, 0.15) is 54.4 Å². The molecule has 0 saturated carbocycles. The van der Waals surface area contributed by atoms with E-state index < -0.39 is 0 Å². The average molecular weight is 308 g/mol. The summed E-state index contributed by atoms with van der Waals surface area (Å²) < 4.78 is 11.5. The maximum absolute atomic E-state index is 10.5. The fourth-order valence-corrected chi connectivity index (χ4v) is 2.34. The molecule has 0 fully saturated rings. The van der Waals surface area contributed by atoms with Crippen LogP contribution in [0, 0.1) is 0 Å². The highest BCUT2D eigenvalue weighted by Crippen LogP contribution is 2.16. The molecule has 0 aliphatic carbocycles. The number of ether oxygens (including phenoxy) is 2. The van der Waals surface area contributed by atoms with Gasteiger partial charge in [-0.2, -0.15) is 0 Å². The molecule has 0 aromatic heterocycles. The zero-order valence-electron chi connectivity index (χ0n) is 15.0. The summed E-state index contributed by atoms with van der Waals surface area (Å²) >= 11 is 0. The highest BCUT2D eigenvalue weighted by atomic mass is 16.5. The van der Waals surface area contributed by atoms with Gasteiger partial charge in [0.2, 0.25) is 0 Å². The van der Waals surface area contributed by atoms with E-state index in [-0.39, 0.29) is 12.2 Å². The fraction of sp³-hybridized carbons (Fsp3) is 0.632. The summed E-state index contributed by atoms with van der Waals surface area (Å²) in [4.78, 5) is 10.5. The van der Waals surface area contributed by atoms with Crippen LogP contribution in [0.25, 0.3) is 0 Å². The predicted octanol–water partition coefficient (Wildman–Crippen LogP) is 4.63. The number of hydrogen-bond acceptors (Lipinski definition) is 3. The van der Waals surface area contributed by atoms with E-state index in [1.54, 1.807) is 6.08 Å². The van der Waals surface area contributed by atoms with E-state index >= 15 is 0 Å². The van der Waals surface area contributed by atoms with E-state index in [2.05, 4.69) is 32.9 Å². The molecule has 0 aromatic carbocycles. The summed E-state index contributed by atoms with van der Waals surface area (Å²) in [6.45, 7) is 13.6. The first-order chi connectivity index (χ1) is 10.4. The van der Waals surface area contributed by atoms with Gasteiger partial charge < -0.3 is 9.47 Å². The zero-order valence-corrected chi connectivity index (χ0v) is 15.0. The second-order valence-electron chi connectivity index (χ2n) is 5.80. The minimum atomic E-state index is 0.00943. The van der Waals surface area contributed by atoms with Crippen molar-refractivity contribution in [1.82, 2.24) is 0 Å². The summed E-state index contributed by atoms with van der Waals surface area (Å²) in [6.07, 6.45) is 8.46. The van der Waals surface area contributed by atoms with Crippen molar-refractivity contribution in [2.45, 2.75) is 66.6 Å². The number of aldehydes is 1. The third-order valence-electron chi connectivity index (χ3n) is 3.15. The van der Waals surface area contributed by atoms with Crippen molar-refractivity contribution in [3.05, 3.63) is 34.9 Å². The van der Waals surface area contributed by atoms with Crippen molar-refractivity contribution in [1.29, 1.82) is 0 Å². The number of rotatable bonds is 11. The molecule has 2 unspecified atom stereocenters. The molecule has 0 radical (unpaired) electrons. The summed E-state index contributed by atoms with van der Waals surface area (Å²) in [6, 6.07) is 0. The Balaban J connectivity index is 4.87. The standard InChI is InChI=1S/C19H32O3/c1-7-21-18(11-15(3)4)13-17(6)14-19(22-8-2)12-16(5)9-10-20/h9-11,14,18-19H,7-8,12-13H2,1-6H3/b16-9+,17-14+. The lowest BCUT2D eigenvalue weighted by atomic mass is 10.0. The Morgan fingerprint density at radius 3 is 1.82 bits per heavy atom. The minimum Gasteiger partial charge on any atom is -0.374 e. The molecule has 0 heterocycles. The second-order valence-corrected chi connectivity index (χ2v) is 5.80. The molecule has 0 bridgehead atoms. The largest absolute Gasteiger partial charge is 0.374 e. The van der Waals surface area contributed by atoms with Crippen LogP contribution in [0.5, 0.6) is 0 Å². The van der Waals surface area contributed by atoms with Crippen LogP contribution in [-0.2, 0) is 14.3 Å². The van der Waals surface area contributed by atoms with Crippen LogP contribution in [0.4, 0.5) is 0 Å². The van der Waals surface area contributed by atoms with Crippen molar-refractivity contribution < 1.29 is 14.3 Å². The molecular formula is C19H32O3. The molecule has 0 aromatic rings. The first kappa shape index (κ1) is 20.8. The molecule has 0 rings (SSSR count). The highest BCUT2D eigenvalue weighted by molar-refractivity contribution is 5.65. The Labute approximate surface area is 136 Å². The van der Waals surface area contributed by atoms with E-state index in [4.69, 9.17) is 9.47 Å². The van der Waals surface area contributed by atoms with Gasteiger partial charge in [-0.15, -0.1) is 0 Å². The Hall–Kier alpha value is -1.19. The molecule has 3 nitrogen and oxygen atoms in total. The first-order valence-corrected chi connectivity index (χ1v) is 8.09.